The molecule has 10 nitrogen and oxygen atoms in total. The number of aliphatic hydroxyl groups is 1. The molecule has 3 aromatic carbocycles. The molecule has 1 atom stereocenters. The number of rotatable bonds is 8. The number of carbonyl (C=O) groups is 1. The highest BCUT2D eigenvalue weighted by atomic mass is 16.6. The molecule has 182 valence electrons. The van der Waals surface area contributed by atoms with E-state index in [-0.39, 0.29) is 0 Å². The van der Waals surface area contributed by atoms with E-state index < -0.39 is 12.3 Å². The number of hydrogen-bond donors (Lipinski definition) is 2. The summed E-state index contributed by atoms with van der Waals surface area (Å²) in [7, 11) is 0. The molecule has 0 fully saturated rings. The number of nitrogens with zero attached hydrogens (tertiary/aromatic N) is 5. The molecule has 0 radical (unpaired) electrons. The molecule has 2 heterocycles. The number of nitrogens with one attached hydrogen (secondary N) is 1. The van der Waals surface area contributed by atoms with E-state index in [1.54, 1.807) is 12.1 Å². The average molecular weight is 485 g/mol. The van der Waals surface area contributed by atoms with Crippen molar-refractivity contribution in [3.8, 4) is 28.5 Å². The fourth-order valence-electron chi connectivity index (χ4n) is 4.11. The first kappa shape index (κ1) is 23.2. The normalized spacial score (nSPS) is 12.0. The smallest absolute Gasteiger partial charge is 0.342 e. The monoisotopic (exact) mass is 484 g/mol. The molecule has 10 heteroatoms. The second kappa shape index (κ2) is 9.96. The van der Waals surface area contributed by atoms with Crippen molar-refractivity contribution in [3.63, 3.8) is 0 Å². The molecule has 0 aliphatic carbocycles. The largest absolute Gasteiger partial charge is 0.465 e. The first-order valence-corrected chi connectivity index (χ1v) is 11.5. The van der Waals surface area contributed by atoms with Gasteiger partial charge in [-0.05, 0) is 47.9 Å². The molecule has 2 N–H and O–H groups in total. The van der Waals surface area contributed by atoms with Crippen molar-refractivity contribution in [1.29, 1.82) is 0 Å². The molecule has 1 unspecified atom stereocenters. The minimum absolute atomic E-state index is 0.303. The Labute approximate surface area is 206 Å². The van der Waals surface area contributed by atoms with E-state index in [9.17, 15) is 9.90 Å². The Morgan fingerprint density at radius 2 is 1.83 bits per heavy atom. The predicted octanol–water partition coefficient (Wildman–Crippen LogP) is 3.83. The van der Waals surface area contributed by atoms with Gasteiger partial charge in [0, 0.05) is 5.56 Å². The minimum atomic E-state index is -1.22. The third-order valence-electron chi connectivity index (χ3n) is 5.62. The van der Waals surface area contributed by atoms with E-state index in [0.29, 0.717) is 41.6 Å². The molecule has 0 saturated carbocycles. The summed E-state index contributed by atoms with van der Waals surface area (Å²) in [5.41, 5.74) is 5.33. The van der Waals surface area contributed by atoms with E-state index in [4.69, 9.17) is 9.47 Å². The van der Waals surface area contributed by atoms with Crippen LogP contribution in [0, 0.1) is 0 Å². The fourth-order valence-corrected chi connectivity index (χ4v) is 4.11. The Morgan fingerprint density at radius 1 is 1.06 bits per heavy atom. The highest BCUT2D eigenvalue weighted by molar-refractivity contribution is 6.02. The molecule has 0 spiro atoms. The summed E-state index contributed by atoms with van der Waals surface area (Å²) in [6, 6.07) is 21.5. The summed E-state index contributed by atoms with van der Waals surface area (Å²) in [6.07, 6.45) is -1.22. The van der Waals surface area contributed by atoms with E-state index in [1.165, 1.54) is 6.92 Å². The Balaban J connectivity index is 1.51. The Kier molecular flexibility index (Phi) is 6.42. The number of aromatic nitrogens is 6. The van der Waals surface area contributed by atoms with Gasteiger partial charge in [0.1, 0.15) is 0 Å². The number of para-hydroxylation sites is 1. The van der Waals surface area contributed by atoms with Gasteiger partial charge in [0.05, 0.1) is 29.7 Å². The van der Waals surface area contributed by atoms with Crippen molar-refractivity contribution in [2.45, 2.75) is 26.7 Å². The van der Waals surface area contributed by atoms with E-state index in [0.717, 1.165) is 22.3 Å². The third kappa shape index (κ3) is 4.53. The molecular formula is C26H24N6O4. The number of H-pyrrole nitrogens is 1. The molecule has 0 saturated heterocycles. The van der Waals surface area contributed by atoms with Crippen LogP contribution in [-0.2, 0) is 11.3 Å². The molecule has 2 aromatic heterocycles. The van der Waals surface area contributed by atoms with Gasteiger partial charge in [-0.3, -0.25) is 4.57 Å². The number of esters is 1. The number of tetrazole rings is 1. The number of ether oxygens (including phenoxy) is 2. The lowest BCUT2D eigenvalue weighted by atomic mass is 9.98. The van der Waals surface area contributed by atoms with Crippen molar-refractivity contribution in [2.24, 2.45) is 0 Å². The zero-order chi connectivity index (χ0) is 25.1. The number of aromatic amines is 1. The fraction of sp³-hybridized carbons (Fsp3) is 0.192. The Hall–Kier alpha value is -4.57. The van der Waals surface area contributed by atoms with E-state index in [2.05, 4.69) is 25.6 Å². The number of benzene rings is 3. The van der Waals surface area contributed by atoms with Crippen LogP contribution in [0.5, 0.6) is 6.01 Å². The van der Waals surface area contributed by atoms with Crippen molar-refractivity contribution < 1.29 is 19.4 Å². The quantitative estimate of drug-likeness (QED) is 0.251. The molecule has 5 aromatic rings. The molecule has 0 aliphatic rings. The van der Waals surface area contributed by atoms with Crippen LogP contribution in [0.3, 0.4) is 0 Å². The van der Waals surface area contributed by atoms with Gasteiger partial charge < -0.3 is 14.6 Å². The van der Waals surface area contributed by atoms with Gasteiger partial charge in [-0.2, -0.15) is 10.2 Å². The van der Waals surface area contributed by atoms with Gasteiger partial charge in [-0.15, -0.1) is 10.2 Å². The number of aliphatic hydroxyl groups excluding tert-OH is 1. The summed E-state index contributed by atoms with van der Waals surface area (Å²) < 4.78 is 12.7. The van der Waals surface area contributed by atoms with Crippen LogP contribution in [0.4, 0.5) is 0 Å². The standard InChI is InChI=1S/C26H24N6O4/c1-3-35-26-27-22-10-6-9-21(25(34)36-16(2)33)23(22)32(26)15-17-11-13-18(14-12-17)19-7-4-5-8-20(19)24-28-30-31-29-24/h4-14,16,33H,3,15H2,1-2H3,(H,28,29,30,31). The third-order valence-corrected chi connectivity index (χ3v) is 5.62. The maximum absolute atomic E-state index is 12.7. The Morgan fingerprint density at radius 3 is 2.53 bits per heavy atom. The van der Waals surface area contributed by atoms with Crippen LogP contribution in [0.15, 0.2) is 66.7 Å². The number of hydrogen-bond acceptors (Lipinski definition) is 8. The lowest BCUT2D eigenvalue weighted by Gasteiger charge is -2.13. The molecule has 5 rings (SSSR count). The number of fused-ring (bicyclic) bond motifs is 1. The summed E-state index contributed by atoms with van der Waals surface area (Å²) in [6.45, 7) is 4.10. The number of carbonyl (C=O) groups excluding carboxylic acids is 1. The van der Waals surface area contributed by atoms with Crippen LogP contribution in [0.1, 0.15) is 29.8 Å². The second-order valence-electron chi connectivity index (χ2n) is 8.07. The van der Waals surface area contributed by atoms with Gasteiger partial charge in [0.25, 0.3) is 6.01 Å². The van der Waals surface area contributed by atoms with Gasteiger partial charge in [-0.1, -0.05) is 54.6 Å². The summed E-state index contributed by atoms with van der Waals surface area (Å²) in [4.78, 5) is 17.3. The molecule has 0 bridgehead atoms. The molecule has 0 amide bonds. The zero-order valence-electron chi connectivity index (χ0n) is 19.8. The van der Waals surface area contributed by atoms with E-state index in [1.807, 2.05) is 66.1 Å². The van der Waals surface area contributed by atoms with Gasteiger partial charge >= 0.3 is 5.97 Å². The maximum atomic E-state index is 12.7. The van der Waals surface area contributed by atoms with Crippen molar-refractivity contribution >= 4 is 17.0 Å². The van der Waals surface area contributed by atoms with Crippen LogP contribution >= 0.6 is 0 Å². The minimum Gasteiger partial charge on any atom is -0.465 e. The van der Waals surface area contributed by atoms with Crippen LogP contribution in [0.2, 0.25) is 0 Å². The summed E-state index contributed by atoms with van der Waals surface area (Å²) in [5, 5.41) is 23.9. The lowest BCUT2D eigenvalue weighted by Crippen LogP contribution is -2.15. The van der Waals surface area contributed by atoms with Gasteiger partial charge in [0.15, 0.2) is 6.29 Å². The van der Waals surface area contributed by atoms with Crippen LogP contribution in [0.25, 0.3) is 33.5 Å². The van der Waals surface area contributed by atoms with E-state index >= 15 is 0 Å². The van der Waals surface area contributed by atoms with Crippen molar-refractivity contribution in [1.82, 2.24) is 30.2 Å². The maximum Gasteiger partial charge on any atom is 0.342 e. The topological polar surface area (TPSA) is 128 Å². The lowest BCUT2D eigenvalue weighted by molar-refractivity contribution is -0.0521. The van der Waals surface area contributed by atoms with Crippen molar-refractivity contribution in [2.75, 3.05) is 6.61 Å². The molecule has 36 heavy (non-hydrogen) atoms. The number of imidazole rings is 1. The molecular weight excluding hydrogens is 460 g/mol. The highest BCUT2D eigenvalue weighted by Gasteiger charge is 2.21. The SMILES string of the molecule is CCOc1nc2cccc(C(=O)OC(C)O)c2n1Cc1ccc(-c2ccccc2-c2nn[nH]n2)cc1. The predicted molar refractivity (Wildman–Crippen MR) is 132 cm³/mol. The Bertz CT molecular complexity index is 1490. The molecule has 0 aliphatic heterocycles. The average Bonchev–Trinajstić information content (AvgIpc) is 3.53. The van der Waals surface area contributed by atoms with Gasteiger partial charge in [0.2, 0.25) is 5.82 Å². The van der Waals surface area contributed by atoms with Crippen LogP contribution < -0.4 is 4.74 Å². The second-order valence-corrected chi connectivity index (χ2v) is 8.07. The zero-order valence-corrected chi connectivity index (χ0v) is 19.8. The highest BCUT2D eigenvalue weighted by Crippen LogP contribution is 2.31. The first-order chi connectivity index (χ1) is 17.5. The summed E-state index contributed by atoms with van der Waals surface area (Å²) >= 11 is 0. The van der Waals surface area contributed by atoms with Crippen molar-refractivity contribution in [3.05, 3.63) is 77.9 Å². The first-order valence-electron chi connectivity index (χ1n) is 11.5. The van der Waals surface area contributed by atoms with Gasteiger partial charge in [-0.25, -0.2) is 4.79 Å². The van der Waals surface area contributed by atoms with Crippen LogP contribution in [-0.4, -0.2) is 54.1 Å². The summed E-state index contributed by atoms with van der Waals surface area (Å²) in [5.74, 6) is -0.106.